The molecule has 11 heteroatoms. The molecule has 3 aromatic carbocycles. The van der Waals surface area contributed by atoms with Gasteiger partial charge in [0.1, 0.15) is 6.04 Å². The Labute approximate surface area is 230 Å². The highest BCUT2D eigenvalue weighted by atomic mass is 35.5. The number of carboxylic acids is 1. The number of hydrogen-bond donors (Lipinski definition) is 4. The van der Waals surface area contributed by atoms with Gasteiger partial charge in [-0.2, -0.15) is 4.72 Å². The van der Waals surface area contributed by atoms with Crippen LogP contribution in [0, 0.1) is 0 Å². The third kappa shape index (κ3) is 7.64. The molecule has 1 heterocycles. The minimum absolute atomic E-state index is 0.106. The molecule has 4 aromatic rings. The average Bonchev–Trinajstić information content (AvgIpc) is 2.93. The maximum Gasteiger partial charge on any atom is 0.322 e. The number of hydrogen-bond acceptors (Lipinski definition) is 5. The number of nitrogens with one attached hydrogen (secondary N) is 3. The number of anilines is 1. The lowest BCUT2D eigenvalue weighted by Gasteiger charge is -2.18. The molecule has 0 saturated carbocycles. The highest BCUT2D eigenvalue weighted by molar-refractivity contribution is 7.89. The lowest BCUT2D eigenvalue weighted by Crippen LogP contribution is -2.42. The number of carboxylic acid groups (broad SMARTS) is 1. The minimum Gasteiger partial charge on any atom is -0.480 e. The number of aromatic nitrogens is 1. The van der Waals surface area contributed by atoms with E-state index in [9.17, 15) is 23.1 Å². The number of halogens is 1. The standard InChI is InChI=1S/C28H25ClN4O5S/c29-22-9-11-23(12-10-22)39(37,38)33-26(27(34)35)16-19-8-13-24(21-6-2-1-3-7-21)25(15-19)32-28(36)31-18-20-5-4-14-30-17-20/h1-15,17,26,33H,16,18H2,(H,34,35)(H2,31,32,36). The molecule has 4 rings (SSSR count). The van der Waals surface area contributed by atoms with Crippen molar-refractivity contribution in [2.24, 2.45) is 0 Å². The van der Waals surface area contributed by atoms with Crippen molar-refractivity contribution in [3.8, 4) is 11.1 Å². The van der Waals surface area contributed by atoms with Crippen molar-refractivity contribution < 1.29 is 23.1 Å². The molecule has 1 atom stereocenters. The summed E-state index contributed by atoms with van der Waals surface area (Å²) in [4.78, 5) is 28.7. The van der Waals surface area contributed by atoms with Crippen molar-refractivity contribution in [2.75, 3.05) is 5.32 Å². The maximum atomic E-state index is 12.8. The minimum atomic E-state index is -4.13. The molecule has 1 aromatic heterocycles. The molecule has 0 fully saturated rings. The summed E-state index contributed by atoms with van der Waals surface area (Å²) in [5.74, 6) is -1.34. The highest BCUT2D eigenvalue weighted by Gasteiger charge is 2.26. The van der Waals surface area contributed by atoms with Gasteiger partial charge in [-0.1, -0.05) is 60.1 Å². The number of aliphatic carboxylic acids is 1. The van der Waals surface area contributed by atoms with Crippen molar-refractivity contribution in [2.45, 2.75) is 23.9 Å². The van der Waals surface area contributed by atoms with E-state index >= 15 is 0 Å². The largest absolute Gasteiger partial charge is 0.480 e. The summed E-state index contributed by atoms with van der Waals surface area (Å²) in [6.07, 6.45) is 3.12. The third-order valence-corrected chi connectivity index (χ3v) is 7.49. The van der Waals surface area contributed by atoms with Crippen LogP contribution < -0.4 is 15.4 Å². The predicted molar refractivity (Wildman–Crippen MR) is 149 cm³/mol. The van der Waals surface area contributed by atoms with Gasteiger partial charge in [0, 0.05) is 29.5 Å². The molecule has 0 radical (unpaired) electrons. The van der Waals surface area contributed by atoms with Gasteiger partial charge in [-0.3, -0.25) is 9.78 Å². The summed E-state index contributed by atoms with van der Waals surface area (Å²) in [5.41, 5.74) is 3.31. The smallest absolute Gasteiger partial charge is 0.322 e. The normalized spacial score (nSPS) is 11.9. The Hall–Kier alpha value is -4.25. The molecule has 200 valence electrons. The number of urea groups is 1. The van der Waals surface area contributed by atoms with Crippen molar-refractivity contribution in [3.63, 3.8) is 0 Å². The lowest BCUT2D eigenvalue weighted by molar-refractivity contribution is -0.138. The van der Waals surface area contributed by atoms with Crippen molar-refractivity contribution in [3.05, 3.63) is 113 Å². The Morgan fingerprint density at radius 3 is 2.33 bits per heavy atom. The van der Waals surface area contributed by atoms with E-state index in [2.05, 4.69) is 20.3 Å². The molecular weight excluding hydrogens is 540 g/mol. The first-order chi connectivity index (χ1) is 18.7. The molecule has 0 spiro atoms. The number of carbonyl (C=O) groups is 2. The SMILES string of the molecule is O=C(NCc1cccnc1)Nc1cc(CC(NS(=O)(=O)c2ccc(Cl)cc2)C(=O)O)ccc1-c1ccccc1. The second-order valence-corrected chi connectivity index (χ2v) is 10.7. The monoisotopic (exact) mass is 564 g/mol. The van der Waals surface area contributed by atoms with E-state index in [0.717, 1.165) is 11.1 Å². The molecule has 0 aliphatic heterocycles. The zero-order chi connectivity index (χ0) is 27.8. The van der Waals surface area contributed by atoms with Gasteiger partial charge in [0.2, 0.25) is 10.0 Å². The van der Waals surface area contributed by atoms with Crippen LogP contribution in [0.1, 0.15) is 11.1 Å². The summed E-state index contributed by atoms with van der Waals surface area (Å²) in [5, 5.41) is 15.7. The van der Waals surface area contributed by atoms with E-state index in [4.69, 9.17) is 11.6 Å². The maximum absolute atomic E-state index is 12.8. The Balaban J connectivity index is 1.57. The van der Waals surface area contributed by atoms with Gasteiger partial charge in [-0.15, -0.1) is 0 Å². The second kappa shape index (κ2) is 12.5. The fraction of sp³-hybridized carbons (Fsp3) is 0.107. The van der Waals surface area contributed by atoms with Crippen LogP contribution >= 0.6 is 11.6 Å². The van der Waals surface area contributed by atoms with Crippen molar-refractivity contribution in [1.29, 1.82) is 0 Å². The molecule has 9 nitrogen and oxygen atoms in total. The van der Waals surface area contributed by atoms with E-state index in [-0.39, 0.29) is 17.9 Å². The average molecular weight is 565 g/mol. The molecule has 1 unspecified atom stereocenters. The van der Waals surface area contributed by atoms with Crippen molar-refractivity contribution >= 4 is 39.3 Å². The van der Waals surface area contributed by atoms with Crippen LogP contribution in [-0.4, -0.2) is 36.6 Å². The first-order valence-corrected chi connectivity index (χ1v) is 13.7. The first-order valence-electron chi connectivity index (χ1n) is 11.8. The van der Waals surface area contributed by atoms with E-state index < -0.39 is 28.1 Å². The van der Waals surface area contributed by atoms with Crippen molar-refractivity contribution in [1.82, 2.24) is 15.0 Å². The van der Waals surface area contributed by atoms with E-state index in [1.54, 1.807) is 36.7 Å². The zero-order valence-corrected chi connectivity index (χ0v) is 22.1. The van der Waals surface area contributed by atoms with Gasteiger partial charge >= 0.3 is 12.0 Å². The number of sulfonamides is 1. The number of nitrogens with zero attached hydrogens (tertiary/aromatic N) is 1. The van der Waals surface area contributed by atoms with E-state index in [0.29, 0.717) is 21.8 Å². The molecule has 39 heavy (non-hydrogen) atoms. The summed E-state index contributed by atoms with van der Waals surface area (Å²) in [6.45, 7) is 0.258. The molecule has 4 N–H and O–H groups in total. The van der Waals surface area contributed by atoms with Gasteiger partial charge in [-0.05, 0) is 59.5 Å². The van der Waals surface area contributed by atoms with E-state index in [1.165, 1.54) is 24.3 Å². The number of amides is 2. The summed E-state index contributed by atoms with van der Waals surface area (Å²) < 4.78 is 27.8. The number of benzene rings is 3. The zero-order valence-electron chi connectivity index (χ0n) is 20.5. The number of rotatable bonds is 10. The van der Waals surface area contributed by atoms with Gasteiger partial charge < -0.3 is 15.7 Å². The molecule has 0 aliphatic rings. The molecule has 0 bridgehead atoms. The fourth-order valence-electron chi connectivity index (χ4n) is 3.83. The topological polar surface area (TPSA) is 137 Å². The predicted octanol–water partition coefficient (Wildman–Crippen LogP) is 4.70. The van der Waals surface area contributed by atoms with Gasteiger partial charge in [0.25, 0.3) is 0 Å². The Morgan fingerprint density at radius 2 is 1.67 bits per heavy atom. The molecule has 0 aliphatic carbocycles. The van der Waals surface area contributed by atoms with E-state index in [1.807, 2.05) is 36.4 Å². The first kappa shape index (κ1) is 27.8. The van der Waals surface area contributed by atoms with Gasteiger partial charge in [-0.25, -0.2) is 13.2 Å². The molecule has 0 saturated heterocycles. The van der Waals surface area contributed by atoms with Gasteiger partial charge in [0.15, 0.2) is 0 Å². The Morgan fingerprint density at radius 1 is 0.923 bits per heavy atom. The van der Waals surface area contributed by atoms with Crippen LogP contribution in [0.2, 0.25) is 5.02 Å². The summed E-state index contributed by atoms with van der Waals surface area (Å²) >= 11 is 5.84. The summed E-state index contributed by atoms with van der Waals surface area (Å²) in [6, 6.07) is 21.5. The summed E-state index contributed by atoms with van der Waals surface area (Å²) in [7, 11) is -4.13. The van der Waals surface area contributed by atoms with Gasteiger partial charge in [0.05, 0.1) is 10.6 Å². The van der Waals surface area contributed by atoms with Crippen LogP contribution in [-0.2, 0) is 27.8 Å². The third-order valence-electron chi connectivity index (χ3n) is 5.75. The molecule has 2 amide bonds. The van der Waals surface area contributed by atoms with Crippen LogP contribution in [0.5, 0.6) is 0 Å². The Kier molecular flexibility index (Phi) is 8.92. The Bertz CT molecular complexity index is 1550. The highest BCUT2D eigenvalue weighted by Crippen LogP contribution is 2.29. The second-order valence-electron chi connectivity index (χ2n) is 8.59. The van der Waals surface area contributed by atoms with Crippen LogP contribution in [0.4, 0.5) is 10.5 Å². The fourth-order valence-corrected chi connectivity index (χ4v) is 5.14. The molecular formula is C28H25ClN4O5S. The van der Waals surface area contributed by atoms with Crippen LogP contribution in [0.3, 0.4) is 0 Å². The lowest BCUT2D eigenvalue weighted by atomic mass is 9.98. The van der Waals surface area contributed by atoms with Crippen LogP contribution in [0.25, 0.3) is 11.1 Å². The number of pyridine rings is 1. The quantitative estimate of drug-likeness (QED) is 0.220. The number of carbonyl (C=O) groups excluding carboxylic acids is 1. The van der Waals surface area contributed by atoms with Crippen LogP contribution in [0.15, 0.2) is 102 Å².